The fraction of sp³-hybridized carbons (Fsp3) is 0.500. The normalized spacial score (nSPS) is 17.2. The molecule has 0 aliphatic carbocycles. The number of furan rings is 1. The van der Waals surface area contributed by atoms with E-state index in [2.05, 4.69) is 5.32 Å². The van der Waals surface area contributed by atoms with E-state index in [-0.39, 0.29) is 23.5 Å². The van der Waals surface area contributed by atoms with Crippen LogP contribution in [0.4, 0.5) is 0 Å². The van der Waals surface area contributed by atoms with Gasteiger partial charge in [-0.25, -0.2) is 8.42 Å². The van der Waals surface area contributed by atoms with Gasteiger partial charge in [-0.15, -0.1) is 12.4 Å². The quantitative estimate of drug-likeness (QED) is 0.840. The second-order valence-corrected chi connectivity index (χ2v) is 5.19. The van der Waals surface area contributed by atoms with Gasteiger partial charge in [0.1, 0.15) is 0 Å². The molecule has 86 valence electrons. The van der Waals surface area contributed by atoms with Crippen molar-refractivity contribution >= 4 is 22.4 Å². The molecule has 1 aliphatic rings. The van der Waals surface area contributed by atoms with Crippen molar-refractivity contribution in [1.82, 2.24) is 9.62 Å². The van der Waals surface area contributed by atoms with Crippen molar-refractivity contribution in [1.29, 1.82) is 0 Å². The van der Waals surface area contributed by atoms with Crippen LogP contribution in [0.25, 0.3) is 0 Å². The van der Waals surface area contributed by atoms with Crippen LogP contribution in [-0.2, 0) is 10.0 Å². The van der Waals surface area contributed by atoms with Crippen molar-refractivity contribution in [2.24, 2.45) is 0 Å². The van der Waals surface area contributed by atoms with E-state index in [1.54, 1.807) is 13.1 Å². The highest BCUT2D eigenvalue weighted by Gasteiger charge is 2.33. The molecule has 0 spiro atoms. The monoisotopic (exact) mass is 252 g/mol. The van der Waals surface area contributed by atoms with Crippen molar-refractivity contribution in [3.05, 3.63) is 18.4 Å². The number of halogens is 1. The Hall–Kier alpha value is -0.560. The van der Waals surface area contributed by atoms with Crippen LogP contribution in [0.5, 0.6) is 0 Å². The lowest BCUT2D eigenvalue weighted by molar-refractivity contribution is 0.268. The summed E-state index contributed by atoms with van der Waals surface area (Å²) < 4.78 is 29.9. The standard InChI is InChI=1S/C8H12N2O3S.ClH/c1-10(7-5-9-6-7)14(11,12)8-3-2-4-13-8;/h2-4,7,9H,5-6H2,1H3;1H. The van der Waals surface area contributed by atoms with Crippen LogP contribution in [0, 0.1) is 0 Å². The largest absolute Gasteiger partial charge is 0.452 e. The minimum Gasteiger partial charge on any atom is -0.452 e. The first-order valence-electron chi connectivity index (χ1n) is 4.34. The molecule has 15 heavy (non-hydrogen) atoms. The van der Waals surface area contributed by atoms with E-state index in [1.165, 1.54) is 16.6 Å². The summed E-state index contributed by atoms with van der Waals surface area (Å²) >= 11 is 0. The zero-order chi connectivity index (χ0) is 10.2. The predicted octanol–water partition coefficient (Wildman–Crippen LogP) is 0.294. The number of sulfonamides is 1. The lowest BCUT2D eigenvalue weighted by Crippen LogP contribution is -2.57. The maximum Gasteiger partial charge on any atom is 0.276 e. The zero-order valence-corrected chi connectivity index (χ0v) is 9.85. The van der Waals surface area contributed by atoms with Gasteiger partial charge in [0.15, 0.2) is 0 Å². The van der Waals surface area contributed by atoms with Crippen LogP contribution in [0.15, 0.2) is 27.9 Å². The number of likely N-dealkylation sites (N-methyl/N-ethyl adjacent to an activating group) is 1. The third-order valence-electron chi connectivity index (χ3n) is 2.40. The van der Waals surface area contributed by atoms with Crippen molar-refractivity contribution in [3.63, 3.8) is 0 Å². The Bertz CT molecular complexity index is 400. The van der Waals surface area contributed by atoms with E-state index >= 15 is 0 Å². The highest BCUT2D eigenvalue weighted by atomic mass is 35.5. The molecule has 1 aliphatic heterocycles. The second kappa shape index (κ2) is 4.52. The molecule has 0 radical (unpaired) electrons. The molecule has 0 atom stereocenters. The summed E-state index contributed by atoms with van der Waals surface area (Å²) in [4.78, 5) is 0. The molecule has 2 heterocycles. The zero-order valence-electron chi connectivity index (χ0n) is 8.21. The van der Waals surface area contributed by atoms with Gasteiger partial charge in [0.05, 0.1) is 6.26 Å². The van der Waals surface area contributed by atoms with Gasteiger partial charge in [0.2, 0.25) is 5.09 Å². The molecular weight excluding hydrogens is 240 g/mol. The molecule has 0 saturated carbocycles. The highest BCUT2D eigenvalue weighted by Crippen LogP contribution is 2.17. The lowest BCUT2D eigenvalue weighted by Gasteiger charge is -2.33. The Labute approximate surface area is 94.9 Å². The summed E-state index contributed by atoms with van der Waals surface area (Å²) in [6, 6.07) is 3.07. The first-order valence-corrected chi connectivity index (χ1v) is 5.78. The fourth-order valence-corrected chi connectivity index (χ4v) is 2.53. The molecule has 0 amide bonds. The van der Waals surface area contributed by atoms with Crippen molar-refractivity contribution < 1.29 is 12.8 Å². The van der Waals surface area contributed by atoms with E-state index < -0.39 is 10.0 Å². The molecule has 7 heteroatoms. The van der Waals surface area contributed by atoms with E-state index in [4.69, 9.17) is 4.42 Å². The van der Waals surface area contributed by atoms with Crippen LogP contribution in [0.1, 0.15) is 0 Å². The Morgan fingerprint density at radius 1 is 1.53 bits per heavy atom. The third kappa shape index (κ3) is 2.17. The van der Waals surface area contributed by atoms with Crippen LogP contribution < -0.4 is 5.32 Å². The van der Waals surface area contributed by atoms with Gasteiger partial charge in [0.25, 0.3) is 10.0 Å². The maximum absolute atomic E-state index is 11.8. The summed E-state index contributed by atoms with van der Waals surface area (Å²) in [5, 5.41) is 3.03. The number of rotatable bonds is 3. The first kappa shape index (κ1) is 12.5. The third-order valence-corrected chi connectivity index (χ3v) is 4.20. The van der Waals surface area contributed by atoms with Gasteiger partial charge in [-0.3, -0.25) is 0 Å². The minimum atomic E-state index is -3.43. The molecule has 5 nitrogen and oxygen atoms in total. The second-order valence-electron chi connectivity index (χ2n) is 3.27. The van der Waals surface area contributed by atoms with Crippen LogP contribution >= 0.6 is 12.4 Å². The topological polar surface area (TPSA) is 62.6 Å². The number of nitrogens with zero attached hydrogens (tertiary/aromatic N) is 1. The molecular formula is C8H13ClN2O3S. The summed E-state index contributed by atoms with van der Waals surface area (Å²) in [5.41, 5.74) is 0. The average molecular weight is 253 g/mol. The van der Waals surface area contributed by atoms with Gasteiger partial charge in [0, 0.05) is 26.2 Å². The van der Waals surface area contributed by atoms with Crippen molar-refractivity contribution in [2.45, 2.75) is 11.1 Å². The summed E-state index contributed by atoms with van der Waals surface area (Å²) in [6.07, 6.45) is 1.36. The van der Waals surface area contributed by atoms with Gasteiger partial charge in [-0.1, -0.05) is 0 Å². The van der Waals surface area contributed by atoms with Crippen molar-refractivity contribution in [3.8, 4) is 0 Å². The summed E-state index contributed by atoms with van der Waals surface area (Å²) in [6.45, 7) is 1.41. The molecule has 0 bridgehead atoms. The predicted molar refractivity (Wildman–Crippen MR) is 57.6 cm³/mol. The van der Waals surface area contributed by atoms with Gasteiger partial charge in [-0.2, -0.15) is 4.31 Å². The van der Waals surface area contributed by atoms with Gasteiger partial charge >= 0.3 is 0 Å². The molecule has 1 aromatic rings. The molecule has 1 fully saturated rings. The van der Waals surface area contributed by atoms with E-state index in [1.807, 2.05) is 0 Å². The Kier molecular flexibility index (Phi) is 3.77. The van der Waals surface area contributed by atoms with Gasteiger partial charge < -0.3 is 9.73 Å². The molecule has 1 N–H and O–H groups in total. The van der Waals surface area contributed by atoms with E-state index in [0.29, 0.717) is 13.1 Å². The van der Waals surface area contributed by atoms with Crippen LogP contribution in [0.3, 0.4) is 0 Å². The average Bonchev–Trinajstić information content (AvgIpc) is 2.52. The molecule has 1 aromatic heterocycles. The number of hydrogen-bond donors (Lipinski definition) is 1. The van der Waals surface area contributed by atoms with Gasteiger partial charge in [-0.05, 0) is 12.1 Å². The lowest BCUT2D eigenvalue weighted by atomic mass is 10.2. The molecule has 1 saturated heterocycles. The molecule has 0 aromatic carbocycles. The minimum absolute atomic E-state index is 0. The fourth-order valence-electron chi connectivity index (χ4n) is 1.28. The molecule has 0 unspecified atom stereocenters. The van der Waals surface area contributed by atoms with Crippen LogP contribution in [0.2, 0.25) is 0 Å². The van der Waals surface area contributed by atoms with E-state index in [9.17, 15) is 8.42 Å². The summed E-state index contributed by atoms with van der Waals surface area (Å²) in [5.74, 6) is 0. The Balaban J connectivity index is 0.00000112. The SMILES string of the molecule is CN(C1CNC1)S(=O)(=O)c1ccco1.Cl. The maximum atomic E-state index is 11.8. The van der Waals surface area contributed by atoms with E-state index in [0.717, 1.165) is 0 Å². The Morgan fingerprint density at radius 2 is 2.20 bits per heavy atom. The number of hydrogen-bond acceptors (Lipinski definition) is 4. The van der Waals surface area contributed by atoms with Crippen molar-refractivity contribution in [2.75, 3.05) is 20.1 Å². The smallest absolute Gasteiger partial charge is 0.276 e. The van der Waals surface area contributed by atoms with Crippen LogP contribution in [-0.4, -0.2) is 38.9 Å². The highest BCUT2D eigenvalue weighted by molar-refractivity contribution is 7.89. The first-order chi connectivity index (χ1) is 6.62. The number of nitrogens with one attached hydrogen (secondary N) is 1. The summed E-state index contributed by atoms with van der Waals surface area (Å²) in [7, 11) is -1.86. The molecule has 2 rings (SSSR count). The Morgan fingerprint density at radius 3 is 2.60 bits per heavy atom.